The standard InChI is InChI=1S/C17H24O5/c1-3-4-5-6-7-8-12-22-14-11-9-10-13(16(18)19)15(14)17(20)21-2/h9-11H,3-8,12H2,1-2H3,(H,18,19). The van der Waals surface area contributed by atoms with E-state index >= 15 is 0 Å². The van der Waals surface area contributed by atoms with Crippen molar-refractivity contribution in [1.82, 2.24) is 0 Å². The molecule has 0 amide bonds. The fourth-order valence-corrected chi connectivity index (χ4v) is 2.21. The summed E-state index contributed by atoms with van der Waals surface area (Å²) in [7, 11) is 1.22. The van der Waals surface area contributed by atoms with Crippen LogP contribution < -0.4 is 4.74 Å². The second-order valence-electron chi connectivity index (χ2n) is 5.09. The first-order valence-corrected chi connectivity index (χ1v) is 7.69. The Balaban J connectivity index is 2.64. The van der Waals surface area contributed by atoms with Crippen molar-refractivity contribution in [2.24, 2.45) is 0 Å². The number of unbranched alkanes of at least 4 members (excludes halogenated alkanes) is 5. The van der Waals surface area contributed by atoms with Gasteiger partial charge in [-0.15, -0.1) is 0 Å². The van der Waals surface area contributed by atoms with Crippen LogP contribution in [0.5, 0.6) is 5.75 Å². The van der Waals surface area contributed by atoms with Gasteiger partial charge < -0.3 is 14.6 Å². The zero-order valence-electron chi connectivity index (χ0n) is 13.3. The van der Waals surface area contributed by atoms with Crippen molar-refractivity contribution in [3.05, 3.63) is 29.3 Å². The molecule has 0 bridgehead atoms. The molecule has 0 fully saturated rings. The van der Waals surface area contributed by atoms with E-state index in [1.807, 2.05) is 0 Å². The van der Waals surface area contributed by atoms with Gasteiger partial charge >= 0.3 is 11.9 Å². The Morgan fingerprint density at radius 3 is 2.41 bits per heavy atom. The molecule has 0 heterocycles. The number of rotatable bonds is 10. The maximum absolute atomic E-state index is 11.8. The fraction of sp³-hybridized carbons (Fsp3) is 0.529. The first kappa shape index (κ1) is 18.0. The molecule has 0 aliphatic rings. The highest BCUT2D eigenvalue weighted by Gasteiger charge is 2.22. The molecule has 22 heavy (non-hydrogen) atoms. The van der Waals surface area contributed by atoms with Crippen molar-refractivity contribution in [3.8, 4) is 5.75 Å². The van der Waals surface area contributed by atoms with E-state index in [-0.39, 0.29) is 16.9 Å². The lowest BCUT2D eigenvalue weighted by atomic mass is 10.1. The Hall–Kier alpha value is -2.04. The molecular formula is C17H24O5. The summed E-state index contributed by atoms with van der Waals surface area (Å²) in [5.74, 6) is -1.61. The van der Waals surface area contributed by atoms with Crippen molar-refractivity contribution in [2.45, 2.75) is 45.4 Å². The number of carbonyl (C=O) groups excluding carboxylic acids is 1. The predicted octanol–water partition coefficient (Wildman–Crippen LogP) is 3.91. The van der Waals surface area contributed by atoms with Gasteiger partial charge in [-0.3, -0.25) is 0 Å². The molecule has 0 radical (unpaired) electrons. The van der Waals surface area contributed by atoms with Gasteiger partial charge in [0.2, 0.25) is 0 Å². The number of aromatic carboxylic acids is 1. The summed E-state index contributed by atoms with van der Waals surface area (Å²) in [5.41, 5.74) is -0.129. The van der Waals surface area contributed by atoms with E-state index in [0.29, 0.717) is 6.61 Å². The van der Waals surface area contributed by atoms with Crippen LogP contribution in [0.1, 0.15) is 66.2 Å². The van der Waals surface area contributed by atoms with Crippen molar-refractivity contribution < 1.29 is 24.2 Å². The van der Waals surface area contributed by atoms with Crippen LogP contribution in [0.3, 0.4) is 0 Å². The van der Waals surface area contributed by atoms with Gasteiger partial charge in [-0.1, -0.05) is 45.1 Å². The number of methoxy groups -OCH3 is 1. The number of carboxylic acids is 1. The Kier molecular flexibility index (Phi) is 8.04. The molecule has 0 aliphatic carbocycles. The SMILES string of the molecule is CCCCCCCCOc1cccc(C(=O)O)c1C(=O)OC. The van der Waals surface area contributed by atoms with Crippen LogP contribution >= 0.6 is 0 Å². The van der Waals surface area contributed by atoms with Crippen LogP contribution in [0.2, 0.25) is 0 Å². The van der Waals surface area contributed by atoms with Gasteiger partial charge in [0.05, 0.1) is 19.3 Å². The summed E-state index contributed by atoms with van der Waals surface area (Å²) in [6.07, 6.45) is 6.78. The van der Waals surface area contributed by atoms with Crippen molar-refractivity contribution in [2.75, 3.05) is 13.7 Å². The topological polar surface area (TPSA) is 72.8 Å². The molecule has 0 unspecified atom stereocenters. The lowest BCUT2D eigenvalue weighted by molar-refractivity contribution is 0.0577. The number of ether oxygens (including phenoxy) is 2. The molecule has 5 heteroatoms. The average molecular weight is 308 g/mol. The highest BCUT2D eigenvalue weighted by atomic mass is 16.5. The second kappa shape index (κ2) is 9.82. The maximum atomic E-state index is 11.8. The number of carboxylic acid groups (broad SMARTS) is 1. The van der Waals surface area contributed by atoms with Crippen LogP contribution in [0, 0.1) is 0 Å². The third-order valence-corrected chi connectivity index (χ3v) is 3.40. The van der Waals surface area contributed by atoms with E-state index in [4.69, 9.17) is 9.84 Å². The van der Waals surface area contributed by atoms with Gasteiger partial charge in [-0.2, -0.15) is 0 Å². The van der Waals surface area contributed by atoms with Gasteiger partial charge in [0.25, 0.3) is 0 Å². The van der Waals surface area contributed by atoms with E-state index in [1.54, 1.807) is 12.1 Å². The van der Waals surface area contributed by atoms with E-state index < -0.39 is 11.9 Å². The largest absolute Gasteiger partial charge is 0.493 e. The average Bonchev–Trinajstić information content (AvgIpc) is 2.52. The summed E-state index contributed by atoms with van der Waals surface area (Å²) >= 11 is 0. The summed E-state index contributed by atoms with van der Waals surface area (Å²) in [5, 5.41) is 9.16. The normalized spacial score (nSPS) is 10.3. The Bertz CT molecular complexity index is 496. The number of esters is 1. The highest BCUT2D eigenvalue weighted by Crippen LogP contribution is 2.24. The summed E-state index contributed by atoms with van der Waals surface area (Å²) in [6, 6.07) is 4.52. The first-order chi connectivity index (χ1) is 10.6. The molecule has 0 saturated heterocycles. The third-order valence-electron chi connectivity index (χ3n) is 3.40. The molecule has 0 saturated carbocycles. The van der Waals surface area contributed by atoms with Gasteiger partial charge in [0, 0.05) is 0 Å². The smallest absolute Gasteiger partial charge is 0.342 e. The van der Waals surface area contributed by atoms with Gasteiger partial charge in [-0.05, 0) is 18.6 Å². The first-order valence-electron chi connectivity index (χ1n) is 7.69. The Morgan fingerprint density at radius 1 is 1.09 bits per heavy atom. The van der Waals surface area contributed by atoms with E-state index in [1.165, 1.54) is 32.4 Å². The molecule has 122 valence electrons. The van der Waals surface area contributed by atoms with Crippen LogP contribution in [-0.4, -0.2) is 30.8 Å². The van der Waals surface area contributed by atoms with Crippen LogP contribution in [-0.2, 0) is 4.74 Å². The molecule has 0 atom stereocenters. The number of hydrogen-bond acceptors (Lipinski definition) is 4. The molecule has 1 aromatic rings. The summed E-state index contributed by atoms with van der Waals surface area (Å²) < 4.78 is 10.3. The minimum absolute atomic E-state index is 0.0246. The van der Waals surface area contributed by atoms with Gasteiger partial charge in [0.15, 0.2) is 0 Å². The van der Waals surface area contributed by atoms with E-state index in [9.17, 15) is 9.59 Å². The van der Waals surface area contributed by atoms with E-state index in [0.717, 1.165) is 19.3 Å². The lowest BCUT2D eigenvalue weighted by Crippen LogP contribution is -2.13. The predicted molar refractivity (Wildman–Crippen MR) is 83.6 cm³/mol. The summed E-state index contributed by atoms with van der Waals surface area (Å²) in [6.45, 7) is 2.63. The molecule has 0 spiro atoms. The number of carbonyl (C=O) groups is 2. The Morgan fingerprint density at radius 2 is 1.77 bits per heavy atom. The van der Waals surface area contributed by atoms with Crippen molar-refractivity contribution in [1.29, 1.82) is 0 Å². The van der Waals surface area contributed by atoms with Crippen LogP contribution in [0.25, 0.3) is 0 Å². The lowest BCUT2D eigenvalue weighted by Gasteiger charge is -2.12. The Labute approximate surface area is 131 Å². The van der Waals surface area contributed by atoms with E-state index in [2.05, 4.69) is 11.7 Å². The van der Waals surface area contributed by atoms with Crippen molar-refractivity contribution >= 4 is 11.9 Å². The number of benzene rings is 1. The molecule has 0 aliphatic heterocycles. The maximum Gasteiger partial charge on any atom is 0.342 e. The van der Waals surface area contributed by atoms with Crippen LogP contribution in [0.4, 0.5) is 0 Å². The highest BCUT2D eigenvalue weighted by molar-refractivity contribution is 6.04. The molecule has 0 aromatic heterocycles. The molecular weight excluding hydrogens is 284 g/mol. The zero-order valence-corrected chi connectivity index (χ0v) is 13.3. The monoisotopic (exact) mass is 308 g/mol. The fourth-order valence-electron chi connectivity index (χ4n) is 2.21. The van der Waals surface area contributed by atoms with Gasteiger partial charge in [0.1, 0.15) is 11.3 Å². The van der Waals surface area contributed by atoms with Gasteiger partial charge in [-0.25, -0.2) is 9.59 Å². The minimum atomic E-state index is -1.18. The molecule has 1 N–H and O–H groups in total. The minimum Gasteiger partial charge on any atom is -0.493 e. The molecule has 1 rings (SSSR count). The van der Waals surface area contributed by atoms with Crippen molar-refractivity contribution in [3.63, 3.8) is 0 Å². The number of hydrogen-bond donors (Lipinski definition) is 1. The molecule has 1 aromatic carbocycles. The molecule has 5 nitrogen and oxygen atoms in total. The van der Waals surface area contributed by atoms with Crippen LogP contribution in [0.15, 0.2) is 18.2 Å². The third kappa shape index (κ3) is 5.39. The second-order valence-corrected chi connectivity index (χ2v) is 5.09. The zero-order chi connectivity index (χ0) is 16.4. The summed E-state index contributed by atoms with van der Waals surface area (Å²) in [4.78, 5) is 23.0. The quantitative estimate of drug-likeness (QED) is 0.524.